The first kappa shape index (κ1) is 17.7. The van der Waals surface area contributed by atoms with Gasteiger partial charge in [-0.3, -0.25) is 4.90 Å². The quantitative estimate of drug-likeness (QED) is 0.787. The molecular weight excluding hydrogens is 322 g/mol. The highest BCUT2D eigenvalue weighted by Crippen LogP contribution is 2.40. The summed E-state index contributed by atoms with van der Waals surface area (Å²) >= 11 is 0. The van der Waals surface area contributed by atoms with Crippen molar-refractivity contribution in [2.75, 3.05) is 13.7 Å². The van der Waals surface area contributed by atoms with Crippen LogP contribution in [0.1, 0.15) is 32.3 Å². The van der Waals surface area contributed by atoms with Gasteiger partial charge in [-0.05, 0) is 32.3 Å². The normalized spacial score (nSPS) is 27.5. The lowest BCUT2D eigenvalue weighted by atomic mass is 9.84. The molecule has 25 heavy (non-hydrogen) atoms. The third-order valence-electron chi connectivity index (χ3n) is 5.03. The number of hydrogen-bond acceptors (Lipinski definition) is 5. The van der Waals surface area contributed by atoms with Gasteiger partial charge in [0, 0.05) is 5.92 Å². The smallest absolute Gasteiger partial charge is 0.410 e. The fraction of sp³-hybridized carbons (Fsp3) is 0.579. The highest BCUT2D eigenvalue weighted by atomic mass is 16.6. The zero-order valence-corrected chi connectivity index (χ0v) is 14.9. The molecule has 0 unspecified atom stereocenters. The molecule has 2 saturated heterocycles. The van der Waals surface area contributed by atoms with Crippen molar-refractivity contribution in [2.24, 2.45) is 5.92 Å². The average molecular weight is 347 g/mol. The molecule has 1 aromatic rings. The van der Waals surface area contributed by atoms with E-state index < -0.39 is 18.1 Å². The topological polar surface area (TPSA) is 65.1 Å². The van der Waals surface area contributed by atoms with Crippen LogP contribution in [-0.2, 0) is 25.6 Å². The molecule has 0 N–H and O–H groups in total. The van der Waals surface area contributed by atoms with Gasteiger partial charge in [-0.25, -0.2) is 9.59 Å². The molecule has 1 aromatic carbocycles. The Hall–Kier alpha value is -2.08. The lowest BCUT2D eigenvalue weighted by Gasteiger charge is -2.38. The van der Waals surface area contributed by atoms with Crippen molar-refractivity contribution >= 4 is 12.1 Å². The van der Waals surface area contributed by atoms with Crippen LogP contribution < -0.4 is 0 Å². The van der Waals surface area contributed by atoms with Gasteiger partial charge in [-0.15, -0.1) is 0 Å². The van der Waals surface area contributed by atoms with Crippen LogP contribution in [0.2, 0.25) is 0 Å². The first-order chi connectivity index (χ1) is 11.9. The van der Waals surface area contributed by atoms with Crippen LogP contribution in [0.4, 0.5) is 4.79 Å². The molecule has 0 saturated carbocycles. The van der Waals surface area contributed by atoms with E-state index in [0.29, 0.717) is 6.54 Å². The molecule has 1 amide bonds. The molecule has 6 nitrogen and oxygen atoms in total. The van der Waals surface area contributed by atoms with Crippen LogP contribution in [-0.4, -0.2) is 48.4 Å². The number of esters is 1. The molecule has 0 radical (unpaired) electrons. The van der Waals surface area contributed by atoms with Gasteiger partial charge in [-0.2, -0.15) is 0 Å². The van der Waals surface area contributed by atoms with E-state index in [1.54, 1.807) is 0 Å². The Bertz CT molecular complexity index is 630. The van der Waals surface area contributed by atoms with E-state index in [-0.39, 0.29) is 24.2 Å². The van der Waals surface area contributed by atoms with Crippen LogP contribution in [0.3, 0.4) is 0 Å². The van der Waals surface area contributed by atoms with E-state index >= 15 is 0 Å². The zero-order chi connectivity index (χ0) is 18.0. The minimum Gasteiger partial charge on any atom is -0.467 e. The summed E-state index contributed by atoms with van der Waals surface area (Å²) in [7, 11) is 1.34. The Kier molecular flexibility index (Phi) is 4.99. The maximum absolute atomic E-state index is 12.6. The summed E-state index contributed by atoms with van der Waals surface area (Å²) in [6.07, 6.45) is 0.987. The third kappa shape index (κ3) is 3.79. The molecule has 0 aromatic heterocycles. The number of hydrogen-bond donors (Lipinski definition) is 0. The summed E-state index contributed by atoms with van der Waals surface area (Å²) in [5, 5.41) is 0. The summed E-state index contributed by atoms with van der Waals surface area (Å²) in [5.41, 5.74) is 0.658. The number of carbonyl (C=O) groups is 2. The zero-order valence-electron chi connectivity index (χ0n) is 14.9. The van der Waals surface area contributed by atoms with Crippen molar-refractivity contribution in [1.29, 1.82) is 0 Å². The molecule has 0 bridgehead atoms. The van der Waals surface area contributed by atoms with E-state index in [9.17, 15) is 9.59 Å². The number of methoxy groups -OCH3 is 1. The molecule has 2 heterocycles. The van der Waals surface area contributed by atoms with Gasteiger partial charge in [0.15, 0.2) is 0 Å². The number of ether oxygens (including phenoxy) is 3. The lowest BCUT2D eigenvalue weighted by molar-refractivity contribution is -0.151. The molecule has 0 aliphatic carbocycles. The minimum absolute atomic E-state index is 0.0512. The number of likely N-dealkylation sites (tertiary alicyclic amines) is 1. The van der Waals surface area contributed by atoms with E-state index in [1.165, 1.54) is 12.0 Å². The number of fused-ring (bicyclic) bond motifs is 1. The van der Waals surface area contributed by atoms with Crippen molar-refractivity contribution in [1.82, 2.24) is 4.90 Å². The molecule has 136 valence electrons. The molecular formula is C19H25NO5. The van der Waals surface area contributed by atoms with Crippen LogP contribution in [0.5, 0.6) is 0 Å². The SMILES string of the molecule is COC(=O)[C@@H]1[C@H]2CCC(C)(C)O[C@H]2CN1C(=O)OCc1ccccc1. The maximum Gasteiger partial charge on any atom is 0.410 e. The number of benzene rings is 1. The largest absolute Gasteiger partial charge is 0.467 e. The molecule has 3 atom stereocenters. The van der Waals surface area contributed by atoms with Gasteiger partial charge in [-0.1, -0.05) is 30.3 Å². The van der Waals surface area contributed by atoms with Crippen molar-refractivity contribution in [3.05, 3.63) is 35.9 Å². The van der Waals surface area contributed by atoms with Gasteiger partial charge in [0.2, 0.25) is 0 Å². The van der Waals surface area contributed by atoms with E-state index in [4.69, 9.17) is 14.2 Å². The van der Waals surface area contributed by atoms with E-state index in [1.807, 2.05) is 44.2 Å². The van der Waals surface area contributed by atoms with Crippen molar-refractivity contribution in [3.63, 3.8) is 0 Å². The molecule has 0 spiro atoms. The van der Waals surface area contributed by atoms with Gasteiger partial charge >= 0.3 is 12.1 Å². The predicted molar refractivity (Wildman–Crippen MR) is 90.8 cm³/mol. The highest BCUT2D eigenvalue weighted by molar-refractivity contribution is 5.82. The first-order valence-electron chi connectivity index (χ1n) is 8.64. The molecule has 2 aliphatic rings. The van der Waals surface area contributed by atoms with Crippen LogP contribution in [0.15, 0.2) is 30.3 Å². The Morgan fingerprint density at radius 3 is 2.68 bits per heavy atom. The number of carbonyl (C=O) groups excluding carboxylic acids is 2. The highest BCUT2D eigenvalue weighted by Gasteiger charge is 2.53. The summed E-state index contributed by atoms with van der Waals surface area (Å²) in [6, 6.07) is 8.82. The fourth-order valence-electron chi connectivity index (χ4n) is 3.74. The predicted octanol–water partition coefficient (Wildman–Crippen LogP) is 2.75. The van der Waals surface area contributed by atoms with Gasteiger partial charge in [0.05, 0.1) is 25.4 Å². The van der Waals surface area contributed by atoms with Crippen LogP contribution in [0, 0.1) is 5.92 Å². The fourth-order valence-corrected chi connectivity index (χ4v) is 3.74. The average Bonchev–Trinajstić information content (AvgIpc) is 2.97. The van der Waals surface area contributed by atoms with Gasteiger partial charge < -0.3 is 14.2 Å². The van der Waals surface area contributed by atoms with Crippen LogP contribution in [0.25, 0.3) is 0 Å². The van der Waals surface area contributed by atoms with Crippen LogP contribution >= 0.6 is 0 Å². The summed E-state index contributed by atoms with van der Waals surface area (Å²) in [6.45, 7) is 4.59. The van der Waals surface area contributed by atoms with Crippen molar-refractivity contribution in [3.8, 4) is 0 Å². The monoisotopic (exact) mass is 347 g/mol. The standard InChI is InChI=1S/C19H25NO5/c1-19(2)10-9-14-15(25-19)11-20(16(14)17(21)23-3)18(22)24-12-13-7-5-4-6-8-13/h4-8,14-16H,9-12H2,1-3H3/t14-,15-,16-/m0/s1. The Labute approximate surface area is 148 Å². The number of rotatable bonds is 3. The number of nitrogens with zero attached hydrogens (tertiary/aromatic N) is 1. The summed E-state index contributed by atoms with van der Waals surface area (Å²) < 4.78 is 16.5. The van der Waals surface area contributed by atoms with Crippen molar-refractivity contribution < 1.29 is 23.8 Å². The summed E-state index contributed by atoms with van der Waals surface area (Å²) in [5.74, 6) is -0.461. The molecule has 2 fully saturated rings. The maximum atomic E-state index is 12.6. The second-order valence-corrected chi connectivity index (χ2v) is 7.28. The van der Waals surface area contributed by atoms with Gasteiger partial charge in [0.1, 0.15) is 12.6 Å². The molecule has 3 rings (SSSR count). The van der Waals surface area contributed by atoms with Crippen molar-refractivity contribution in [2.45, 2.75) is 51.0 Å². The van der Waals surface area contributed by atoms with E-state index in [0.717, 1.165) is 18.4 Å². The second kappa shape index (κ2) is 7.04. The minimum atomic E-state index is -0.644. The Morgan fingerprint density at radius 2 is 2.00 bits per heavy atom. The molecule has 2 aliphatic heterocycles. The lowest BCUT2D eigenvalue weighted by Crippen LogP contribution is -2.46. The Morgan fingerprint density at radius 1 is 1.28 bits per heavy atom. The third-order valence-corrected chi connectivity index (χ3v) is 5.03. The van der Waals surface area contributed by atoms with Gasteiger partial charge in [0.25, 0.3) is 0 Å². The Balaban J connectivity index is 1.71. The molecule has 6 heteroatoms. The number of amides is 1. The summed E-state index contributed by atoms with van der Waals surface area (Å²) in [4.78, 5) is 26.4. The van der Waals surface area contributed by atoms with E-state index in [2.05, 4.69) is 0 Å². The first-order valence-corrected chi connectivity index (χ1v) is 8.64. The second-order valence-electron chi connectivity index (χ2n) is 7.28.